The smallest absolute Gasteiger partial charge is 0.414 e. The van der Waals surface area contributed by atoms with Gasteiger partial charge in [0.25, 0.3) is 0 Å². The Balaban J connectivity index is 0.000000413. The van der Waals surface area contributed by atoms with Gasteiger partial charge in [-0.2, -0.15) is 0 Å². The first-order valence-electron chi connectivity index (χ1n) is 7.63. The first-order chi connectivity index (χ1) is 11.5. The van der Waals surface area contributed by atoms with Gasteiger partial charge in [0.15, 0.2) is 0 Å². The van der Waals surface area contributed by atoms with E-state index in [1.807, 2.05) is 18.2 Å². The Morgan fingerprint density at radius 3 is 2.42 bits per heavy atom. The molecule has 1 aromatic carbocycles. The lowest BCUT2D eigenvalue weighted by atomic mass is 10.2. The summed E-state index contributed by atoms with van der Waals surface area (Å²) in [6, 6.07) is 8.14. The van der Waals surface area contributed by atoms with Crippen LogP contribution in [0.5, 0.6) is 5.75 Å². The van der Waals surface area contributed by atoms with Gasteiger partial charge in [-0.25, -0.2) is 9.59 Å². The monoisotopic (exact) mass is 340 g/mol. The van der Waals surface area contributed by atoms with E-state index in [0.717, 1.165) is 51.7 Å². The van der Waals surface area contributed by atoms with Crippen LogP contribution >= 0.6 is 0 Å². The van der Waals surface area contributed by atoms with Crippen LogP contribution in [0.4, 0.5) is 0 Å². The summed E-state index contributed by atoms with van der Waals surface area (Å²) in [6.45, 7) is 6.77. The first kappa shape index (κ1) is 19.9. The van der Waals surface area contributed by atoms with Crippen molar-refractivity contribution in [1.82, 2.24) is 10.2 Å². The fourth-order valence-corrected chi connectivity index (χ4v) is 2.13. The molecule has 1 aromatic rings. The number of para-hydroxylation sites is 1. The second-order valence-corrected chi connectivity index (χ2v) is 5.05. The number of ether oxygens (including phenoxy) is 2. The summed E-state index contributed by atoms with van der Waals surface area (Å²) in [7, 11) is 1.71. The fraction of sp³-hybridized carbons (Fsp3) is 0.500. The number of benzene rings is 1. The van der Waals surface area contributed by atoms with Crippen LogP contribution in [0.2, 0.25) is 0 Å². The summed E-state index contributed by atoms with van der Waals surface area (Å²) in [4.78, 5) is 20.6. The number of carbonyl (C=O) groups is 2. The van der Waals surface area contributed by atoms with Crippen LogP contribution < -0.4 is 10.1 Å². The third-order valence-corrected chi connectivity index (χ3v) is 3.40. The molecule has 0 aromatic heterocycles. The zero-order valence-corrected chi connectivity index (χ0v) is 13.7. The van der Waals surface area contributed by atoms with Gasteiger partial charge >= 0.3 is 11.9 Å². The van der Waals surface area contributed by atoms with E-state index in [2.05, 4.69) is 16.3 Å². The maximum absolute atomic E-state index is 9.10. The van der Waals surface area contributed by atoms with Gasteiger partial charge < -0.3 is 25.0 Å². The predicted octanol–water partition coefficient (Wildman–Crippen LogP) is 0.273. The number of nitrogens with one attached hydrogen (secondary N) is 1. The molecule has 3 N–H and O–H groups in total. The molecular formula is C16H24N2O6. The Kier molecular flexibility index (Phi) is 9.44. The Hall–Kier alpha value is -2.16. The van der Waals surface area contributed by atoms with Gasteiger partial charge in [-0.05, 0) is 6.07 Å². The molecule has 1 heterocycles. The van der Waals surface area contributed by atoms with Crippen molar-refractivity contribution in [2.24, 2.45) is 0 Å². The Morgan fingerprint density at radius 1 is 1.21 bits per heavy atom. The molecule has 0 bridgehead atoms. The molecule has 1 fully saturated rings. The van der Waals surface area contributed by atoms with Crippen LogP contribution in [-0.4, -0.2) is 73.6 Å². The van der Waals surface area contributed by atoms with Crippen molar-refractivity contribution in [3.8, 4) is 5.75 Å². The van der Waals surface area contributed by atoms with Crippen molar-refractivity contribution in [2.75, 3.05) is 46.5 Å². The van der Waals surface area contributed by atoms with Gasteiger partial charge in [0, 0.05) is 38.3 Å². The molecule has 0 saturated carbocycles. The lowest BCUT2D eigenvalue weighted by Gasteiger charge is -2.26. The largest absolute Gasteiger partial charge is 0.496 e. The van der Waals surface area contributed by atoms with Gasteiger partial charge in [0.05, 0.1) is 20.3 Å². The summed E-state index contributed by atoms with van der Waals surface area (Å²) in [6.07, 6.45) is 0. The summed E-state index contributed by atoms with van der Waals surface area (Å²) in [5.74, 6) is -2.69. The van der Waals surface area contributed by atoms with E-state index >= 15 is 0 Å². The molecular weight excluding hydrogens is 316 g/mol. The molecule has 8 nitrogen and oxygen atoms in total. The third kappa shape index (κ3) is 7.91. The van der Waals surface area contributed by atoms with Crippen LogP contribution in [0.3, 0.4) is 0 Å². The average Bonchev–Trinajstić information content (AvgIpc) is 2.60. The molecule has 0 atom stereocenters. The van der Waals surface area contributed by atoms with Gasteiger partial charge in [-0.1, -0.05) is 18.2 Å². The van der Waals surface area contributed by atoms with Crippen molar-refractivity contribution in [3.05, 3.63) is 29.8 Å². The van der Waals surface area contributed by atoms with Crippen LogP contribution in [0, 0.1) is 0 Å². The van der Waals surface area contributed by atoms with Crippen molar-refractivity contribution < 1.29 is 29.3 Å². The number of aliphatic carboxylic acids is 2. The number of carboxylic acid groups (broad SMARTS) is 2. The number of hydrogen-bond donors (Lipinski definition) is 3. The van der Waals surface area contributed by atoms with E-state index in [0.29, 0.717) is 0 Å². The highest BCUT2D eigenvalue weighted by Gasteiger charge is 2.09. The topological polar surface area (TPSA) is 108 Å². The summed E-state index contributed by atoms with van der Waals surface area (Å²) in [5, 5.41) is 18.2. The molecule has 1 aliphatic rings. The van der Waals surface area contributed by atoms with Crippen molar-refractivity contribution in [3.63, 3.8) is 0 Å². The zero-order valence-electron chi connectivity index (χ0n) is 13.7. The molecule has 0 unspecified atom stereocenters. The van der Waals surface area contributed by atoms with Crippen molar-refractivity contribution in [2.45, 2.75) is 6.54 Å². The third-order valence-electron chi connectivity index (χ3n) is 3.40. The zero-order chi connectivity index (χ0) is 17.8. The molecule has 8 heteroatoms. The van der Waals surface area contributed by atoms with E-state index < -0.39 is 11.9 Å². The molecule has 2 rings (SSSR count). The van der Waals surface area contributed by atoms with E-state index in [-0.39, 0.29) is 0 Å². The average molecular weight is 340 g/mol. The molecule has 0 amide bonds. The lowest BCUT2D eigenvalue weighted by Crippen LogP contribution is -2.40. The number of rotatable bonds is 6. The number of carboxylic acids is 2. The highest BCUT2D eigenvalue weighted by atomic mass is 16.5. The maximum atomic E-state index is 9.10. The highest BCUT2D eigenvalue weighted by Crippen LogP contribution is 2.16. The Bertz CT molecular complexity index is 505. The number of methoxy groups -OCH3 is 1. The summed E-state index contributed by atoms with van der Waals surface area (Å²) >= 11 is 0. The molecule has 134 valence electrons. The second-order valence-electron chi connectivity index (χ2n) is 5.05. The van der Waals surface area contributed by atoms with Gasteiger partial charge in [-0.3, -0.25) is 4.90 Å². The fourth-order valence-electron chi connectivity index (χ4n) is 2.13. The van der Waals surface area contributed by atoms with Crippen molar-refractivity contribution >= 4 is 11.9 Å². The van der Waals surface area contributed by atoms with Crippen molar-refractivity contribution in [1.29, 1.82) is 0 Å². The molecule has 0 aliphatic carbocycles. The molecule has 0 radical (unpaired) electrons. The van der Waals surface area contributed by atoms with Crippen LogP contribution in [0.1, 0.15) is 5.56 Å². The van der Waals surface area contributed by atoms with Crippen LogP contribution in [0.15, 0.2) is 24.3 Å². The SMILES string of the molecule is COc1ccccc1CNCCN1CCOCC1.O=C(O)C(=O)O. The molecule has 1 aliphatic heterocycles. The normalized spacial score (nSPS) is 14.4. The maximum Gasteiger partial charge on any atom is 0.414 e. The Morgan fingerprint density at radius 2 is 1.83 bits per heavy atom. The minimum absolute atomic E-state index is 0.856. The first-order valence-corrected chi connectivity index (χ1v) is 7.63. The number of morpholine rings is 1. The minimum Gasteiger partial charge on any atom is -0.496 e. The Labute approximate surface area is 141 Å². The highest BCUT2D eigenvalue weighted by molar-refractivity contribution is 6.27. The van der Waals surface area contributed by atoms with Crippen LogP contribution in [0.25, 0.3) is 0 Å². The minimum atomic E-state index is -1.82. The standard InChI is InChI=1S/C14H22N2O2.C2H2O4/c1-17-14-5-3-2-4-13(14)12-15-6-7-16-8-10-18-11-9-16;3-1(4)2(5)6/h2-5,15H,6-12H2,1H3;(H,3,4)(H,5,6). The lowest BCUT2D eigenvalue weighted by molar-refractivity contribution is -0.159. The summed E-state index contributed by atoms with van der Waals surface area (Å²) < 4.78 is 10.7. The van der Waals surface area contributed by atoms with E-state index in [1.54, 1.807) is 7.11 Å². The predicted molar refractivity (Wildman–Crippen MR) is 87.2 cm³/mol. The number of hydrogen-bond acceptors (Lipinski definition) is 6. The summed E-state index contributed by atoms with van der Waals surface area (Å²) in [5.41, 5.74) is 1.21. The molecule has 1 saturated heterocycles. The van der Waals surface area contributed by atoms with E-state index in [9.17, 15) is 0 Å². The quantitative estimate of drug-likeness (QED) is 0.500. The molecule has 24 heavy (non-hydrogen) atoms. The van der Waals surface area contributed by atoms with Gasteiger partial charge in [0.2, 0.25) is 0 Å². The second kappa shape index (κ2) is 11.4. The number of nitrogens with zero attached hydrogens (tertiary/aromatic N) is 1. The van der Waals surface area contributed by atoms with Gasteiger partial charge in [-0.15, -0.1) is 0 Å². The van der Waals surface area contributed by atoms with E-state index in [1.165, 1.54) is 5.56 Å². The van der Waals surface area contributed by atoms with Crippen LogP contribution in [-0.2, 0) is 20.9 Å². The van der Waals surface area contributed by atoms with Gasteiger partial charge in [0.1, 0.15) is 5.75 Å². The molecule has 0 spiro atoms. The van der Waals surface area contributed by atoms with E-state index in [4.69, 9.17) is 29.3 Å².